The van der Waals surface area contributed by atoms with Gasteiger partial charge in [-0.15, -0.1) is 0 Å². The summed E-state index contributed by atoms with van der Waals surface area (Å²) in [6.07, 6.45) is 2.79. The van der Waals surface area contributed by atoms with E-state index >= 15 is 0 Å². The van der Waals surface area contributed by atoms with E-state index in [1.807, 2.05) is 0 Å². The standard InChI is InChI=1S/C19H16N2O5/c1-2-12-26-19(23)17(20-18(22)15-6-4-3-5-7-15)13-14-8-10-16(11-9-14)21(24)25/h2-11,13H,1,12H2,(H,20,22). The van der Waals surface area contributed by atoms with E-state index in [4.69, 9.17) is 4.74 Å². The number of ether oxygens (including phenoxy) is 1. The molecule has 0 aromatic heterocycles. The molecule has 0 spiro atoms. The van der Waals surface area contributed by atoms with Crippen LogP contribution in [0.4, 0.5) is 5.69 Å². The molecule has 0 aliphatic rings. The summed E-state index contributed by atoms with van der Waals surface area (Å²) in [6, 6.07) is 13.9. The average molecular weight is 352 g/mol. The number of nitrogens with one attached hydrogen (secondary N) is 1. The third-order valence-electron chi connectivity index (χ3n) is 3.25. The smallest absolute Gasteiger partial charge is 0.355 e. The lowest BCUT2D eigenvalue weighted by molar-refractivity contribution is -0.384. The Morgan fingerprint density at radius 3 is 2.35 bits per heavy atom. The molecule has 0 heterocycles. The number of benzene rings is 2. The van der Waals surface area contributed by atoms with E-state index in [9.17, 15) is 19.7 Å². The summed E-state index contributed by atoms with van der Waals surface area (Å²) in [4.78, 5) is 34.7. The van der Waals surface area contributed by atoms with Gasteiger partial charge in [0, 0.05) is 17.7 Å². The summed E-state index contributed by atoms with van der Waals surface area (Å²) in [7, 11) is 0. The van der Waals surface area contributed by atoms with Crippen LogP contribution in [0.1, 0.15) is 15.9 Å². The minimum Gasteiger partial charge on any atom is -0.457 e. The van der Waals surface area contributed by atoms with Gasteiger partial charge in [0.15, 0.2) is 0 Å². The van der Waals surface area contributed by atoms with Crippen LogP contribution in [0.25, 0.3) is 6.08 Å². The number of amides is 1. The van der Waals surface area contributed by atoms with Gasteiger partial charge in [-0.1, -0.05) is 30.9 Å². The van der Waals surface area contributed by atoms with Gasteiger partial charge in [-0.05, 0) is 35.9 Å². The maximum atomic E-state index is 12.3. The van der Waals surface area contributed by atoms with Gasteiger partial charge >= 0.3 is 5.97 Å². The fraction of sp³-hybridized carbons (Fsp3) is 0.0526. The second-order valence-corrected chi connectivity index (χ2v) is 5.11. The lowest BCUT2D eigenvalue weighted by Gasteiger charge is -2.09. The van der Waals surface area contributed by atoms with Crippen molar-refractivity contribution in [2.24, 2.45) is 0 Å². The second-order valence-electron chi connectivity index (χ2n) is 5.11. The summed E-state index contributed by atoms with van der Waals surface area (Å²) in [5.41, 5.74) is 0.703. The lowest BCUT2D eigenvalue weighted by atomic mass is 10.1. The first-order chi connectivity index (χ1) is 12.5. The van der Waals surface area contributed by atoms with Gasteiger partial charge in [0.1, 0.15) is 12.3 Å². The largest absolute Gasteiger partial charge is 0.457 e. The number of nitrogens with zero attached hydrogens (tertiary/aromatic N) is 1. The molecule has 1 amide bonds. The van der Waals surface area contributed by atoms with Gasteiger partial charge in [0.2, 0.25) is 0 Å². The number of rotatable bonds is 7. The summed E-state index contributed by atoms with van der Waals surface area (Å²) < 4.78 is 4.98. The molecule has 0 radical (unpaired) electrons. The Labute approximate surface area is 149 Å². The van der Waals surface area contributed by atoms with Crippen LogP contribution in [-0.4, -0.2) is 23.4 Å². The summed E-state index contributed by atoms with van der Waals surface area (Å²) >= 11 is 0. The first-order valence-corrected chi connectivity index (χ1v) is 7.62. The number of non-ortho nitro benzene ring substituents is 1. The first-order valence-electron chi connectivity index (χ1n) is 7.62. The Kier molecular flexibility index (Phi) is 6.39. The van der Waals surface area contributed by atoms with Crippen LogP contribution in [0.2, 0.25) is 0 Å². The van der Waals surface area contributed by atoms with Gasteiger partial charge in [0.25, 0.3) is 11.6 Å². The molecule has 26 heavy (non-hydrogen) atoms. The number of carbonyl (C=O) groups excluding carboxylic acids is 2. The minimum atomic E-state index is -0.743. The Bertz CT molecular complexity index is 842. The molecule has 0 aliphatic heterocycles. The third-order valence-corrected chi connectivity index (χ3v) is 3.25. The van der Waals surface area contributed by atoms with Crippen molar-refractivity contribution < 1.29 is 19.2 Å². The van der Waals surface area contributed by atoms with E-state index in [0.29, 0.717) is 11.1 Å². The molecular formula is C19H16N2O5. The van der Waals surface area contributed by atoms with Crippen LogP contribution in [0, 0.1) is 10.1 Å². The molecule has 2 aromatic rings. The fourth-order valence-electron chi connectivity index (χ4n) is 2.00. The normalized spacial score (nSPS) is 10.7. The molecule has 0 saturated heterocycles. The average Bonchev–Trinajstić information content (AvgIpc) is 2.66. The maximum Gasteiger partial charge on any atom is 0.355 e. The molecule has 0 saturated carbocycles. The number of esters is 1. The third kappa shape index (κ3) is 5.13. The molecule has 2 aromatic carbocycles. The first kappa shape index (κ1) is 18.6. The van der Waals surface area contributed by atoms with E-state index in [-0.39, 0.29) is 18.0 Å². The molecular weight excluding hydrogens is 336 g/mol. The molecule has 2 rings (SSSR count). The zero-order valence-electron chi connectivity index (χ0n) is 13.8. The predicted molar refractivity (Wildman–Crippen MR) is 96.1 cm³/mol. The van der Waals surface area contributed by atoms with Crippen LogP contribution in [0.3, 0.4) is 0 Å². The van der Waals surface area contributed by atoms with Crippen molar-refractivity contribution in [1.29, 1.82) is 0 Å². The topological polar surface area (TPSA) is 98.5 Å². The van der Waals surface area contributed by atoms with E-state index in [1.165, 1.54) is 36.4 Å². The fourth-order valence-corrected chi connectivity index (χ4v) is 2.00. The molecule has 0 fully saturated rings. The van der Waals surface area contributed by atoms with Crippen LogP contribution in [0.15, 0.2) is 72.9 Å². The molecule has 0 unspecified atom stereocenters. The number of hydrogen-bond donors (Lipinski definition) is 1. The summed E-state index contributed by atoms with van der Waals surface area (Å²) in [5, 5.41) is 13.2. The summed E-state index contributed by atoms with van der Waals surface area (Å²) in [6.45, 7) is 3.45. The Hall–Kier alpha value is -3.74. The number of nitro benzene ring substituents is 1. The van der Waals surface area contributed by atoms with Gasteiger partial charge in [-0.3, -0.25) is 14.9 Å². The Morgan fingerprint density at radius 2 is 1.77 bits per heavy atom. The minimum absolute atomic E-state index is 0.0162. The molecule has 1 N–H and O–H groups in total. The molecule has 0 atom stereocenters. The number of carbonyl (C=O) groups is 2. The quantitative estimate of drug-likeness (QED) is 0.271. The van der Waals surface area contributed by atoms with Gasteiger partial charge in [-0.25, -0.2) is 4.79 Å². The SMILES string of the molecule is C=CCOC(=O)C(=Cc1ccc([N+](=O)[O-])cc1)NC(=O)c1ccccc1. The van der Waals surface area contributed by atoms with Crippen molar-refractivity contribution in [1.82, 2.24) is 5.32 Å². The van der Waals surface area contributed by atoms with E-state index in [0.717, 1.165) is 0 Å². The molecule has 0 bridgehead atoms. The molecule has 7 heteroatoms. The molecule has 7 nitrogen and oxygen atoms in total. The monoisotopic (exact) mass is 352 g/mol. The van der Waals surface area contributed by atoms with E-state index in [1.54, 1.807) is 30.3 Å². The van der Waals surface area contributed by atoms with E-state index < -0.39 is 16.8 Å². The highest BCUT2D eigenvalue weighted by molar-refractivity contribution is 6.03. The highest BCUT2D eigenvalue weighted by atomic mass is 16.6. The van der Waals surface area contributed by atoms with Crippen molar-refractivity contribution in [3.63, 3.8) is 0 Å². The van der Waals surface area contributed by atoms with Crippen molar-refractivity contribution in [3.8, 4) is 0 Å². The lowest BCUT2D eigenvalue weighted by Crippen LogP contribution is -2.28. The predicted octanol–water partition coefficient (Wildman–Crippen LogP) is 3.09. The number of hydrogen-bond acceptors (Lipinski definition) is 5. The van der Waals surface area contributed by atoms with Crippen molar-refractivity contribution >= 4 is 23.6 Å². The van der Waals surface area contributed by atoms with Gasteiger partial charge < -0.3 is 10.1 Å². The highest BCUT2D eigenvalue weighted by Gasteiger charge is 2.16. The second kappa shape index (κ2) is 8.93. The molecule has 0 aliphatic carbocycles. The zero-order valence-corrected chi connectivity index (χ0v) is 13.8. The Morgan fingerprint density at radius 1 is 1.12 bits per heavy atom. The number of nitro groups is 1. The zero-order chi connectivity index (χ0) is 18.9. The van der Waals surface area contributed by atoms with Crippen LogP contribution >= 0.6 is 0 Å². The maximum absolute atomic E-state index is 12.3. The Balaban J connectivity index is 2.27. The van der Waals surface area contributed by atoms with Gasteiger partial charge in [-0.2, -0.15) is 0 Å². The van der Waals surface area contributed by atoms with Gasteiger partial charge in [0.05, 0.1) is 4.92 Å². The van der Waals surface area contributed by atoms with Crippen LogP contribution in [0.5, 0.6) is 0 Å². The highest BCUT2D eigenvalue weighted by Crippen LogP contribution is 2.14. The molecule has 132 valence electrons. The van der Waals surface area contributed by atoms with Crippen molar-refractivity contribution in [2.45, 2.75) is 0 Å². The van der Waals surface area contributed by atoms with Crippen LogP contribution < -0.4 is 5.32 Å². The van der Waals surface area contributed by atoms with Crippen molar-refractivity contribution in [2.75, 3.05) is 6.61 Å². The van der Waals surface area contributed by atoms with E-state index in [2.05, 4.69) is 11.9 Å². The van der Waals surface area contributed by atoms with Crippen LogP contribution in [-0.2, 0) is 9.53 Å². The summed E-state index contributed by atoms with van der Waals surface area (Å²) in [5.74, 6) is -1.22. The van der Waals surface area contributed by atoms with Crippen molar-refractivity contribution in [3.05, 3.63) is 94.2 Å².